The van der Waals surface area contributed by atoms with Crippen LogP contribution in [0.25, 0.3) is 0 Å². The van der Waals surface area contributed by atoms with E-state index in [1.165, 1.54) is 21.6 Å². The Kier molecular flexibility index (Phi) is 6.34. The van der Waals surface area contributed by atoms with Gasteiger partial charge < -0.3 is 5.32 Å². The Morgan fingerprint density at radius 3 is 2.00 bits per heavy atom. The third-order valence-electron chi connectivity index (χ3n) is 3.53. The van der Waals surface area contributed by atoms with Gasteiger partial charge in [0.1, 0.15) is 0 Å². The van der Waals surface area contributed by atoms with Gasteiger partial charge in [0.25, 0.3) is 0 Å². The van der Waals surface area contributed by atoms with Crippen LogP contribution in [0.3, 0.4) is 0 Å². The SMILES string of the molecule is CCCNC(c1ccc(C)cc1)c1ccc(SCC)cc1. The van der Waals surface area contributed by atoms with Crippen LogP contribution in [0.1, 0.15) is 43.0 Å². The molecule has 0 radical (unpaired) electrons. The molecule has 0 bridgehead atoms. The van der Waals surface area contributed by atoms with Crippen LogP contribution in [0.15, 0.2) is 53.4 Å². The van der Waals surface area contributed by atoms with E-state index in [9.17, 15) is 0 Å². The molecule has 0 saturated heterocycles. The summed E-state index contributed by atoms with van der Waals surface area (Å²) in [6, 6.07) is 18.1. The van der Waals surface area contributed by atoms with Crippen LogP contribution in [-0.4, -0.2) is 12.3 Å². The highest BCUT2D eigenvalue weighted by atomic mass is 32.2. The van der Waals surface area contributed by atoms with E-state index in [2.05, 4.69) is 74.6 Å². The molecular weight excluding hydrogens is 274 g/mol. The van der Waals surface area contributed by atoms with Gasteiger partial charge in [0.2, 0.25) is 0 Å². The monoisotopic (exact) mass is 299 g/mol. The van der Waals surface area contributed by atoms with Gasteiger partial charge in [0, 0.05) is 4.90 Å². The van der Waals surface area contributed by atoms with Crippen molar-refractivity contribution in [2.24, 2.45) is 0 Å². The van der Waals surface area contributed by atoms with Crippen LogP contribution >= 0.6 is 11.8 Å². The van der Waals surface area contributed by atoms with Crippen molar-refractivity contribution in [2.75, 3.05) is 12.3 Å². The van der Waals surface area contributed by atoms with Crippen molar-refractivity contribution >= 4 is 11.8 Å². The standard InChI is InChI=1S/C19H25NS/c1-4-14-20-19(16-8-6-15(3)7-9-16)17-10-12-18(13-11-17)21-5-2/h6-13,19-20H,4-5,14H2,1-3H3. The summed E-state index contributed by atoms with van der Waals surface area (Å²) >= 11 is 1.89. The summed E-state index contributed by atoms with van der Waals surface area (Å²) in [6.45, 7) is 7.57. The number of hydrogen-bond acceptors (Lipinski definition) is 2. The topological polar surface area (TPSA) is 12.0 Å². The lowest BCUT2D eigenvalue weighted by atomic mass is 9.98. The molecule has 2 heteroatoms. The molecule has 0 aliphatic rings. The minimum absolute atomic E-state index is 0.284. The van der Waals surface area contributed by atoms with E-state index < -0.39 is 0 Å². The molecule has 2 rings (SSSR count). The molecule has 2 aromatic carbocycles. The summed E-state index contributed by atoms with van der Waals surface area (Å²) in [5.41, 5.74) is 3.99. The molecule has 21 heavy (non-hydrogen) atoms. The first-order chi connectivity index (χ1) is 10.2. The van der Waals surface area contributed by atoms with E-state index in [0.717, 1.165) is 18.7 Å². The van der Waals surface area contributed by atoms with Gasteiger partial charge in [0.15, 0.2) is 0 Å². The van der Waals surface area contributed by atoms with Crippen LogP contribution < -0.4 is 5.32 Å². The Hall–Kier alpha value is -1.25. The van der Waals surface area contributed by atoms with Crippen LogP contribution in [-0.2, 0) is 0 Å². The highest BCUT2D eigenvalue weighted by molar-refractivity contribution is 7.99. The van der Waals surface area contributed by atoms with Crippen molar-refractivity contribution in [1.82, 2.24) is 5.32 Å². The highest BCUT2D eigenvalue weighted by Gasteiger charge is 2.12. The summed E-state index contributed by atoms with van der Waals surface area (Å²) in [7, 11) is 0. The first-order valence-corrected chi connectivity index (χ1v) is 8.75. The zero-order chi connectivity index (χ0) is 15.1. The average molecular weight is 299 g/mol. The fourth-order valence-electron chi connectivity index (χ4n) is 2.40. The lowest BCUT2D eigenvalue weighted by Crippen LogP contribution is -2.23. The molecule has 112 valence electrons. The molecule has 0 fully saturated rings. The number of thioether (sulfide) groups is 1. The van der Waals surface area contributed by atoms with E-state index in [4.69, 9.17) is 0 Å². The largest absolute Gasteiger partial charge is 0.306 e. The number of benzene rings is 2. The fraction of sp³-hybridized carbons (Fsp3) is 0.368. The molecule has 2 aromatic rings. The molecule has 0 spiro atoms. The van der Waals surface area contributed by atoms with Crippen molar-refractivity contribution in [2.45, 2.75) is 38.1 Å². The second-order valence-electron chi connectivity index (χ2n) is 5.30. The smallest absolute Gasteiger partial charge is 0.0576 e. The lowest BCUT2D eigenvalue weighted by molar-refractivity contribution is 0.598. The summed E-state index contributed by atoms with van der Waals surface area (Å²) in [6.07, 6.45) is 1.14. The Bertz CT molecular complexity index is 530. The normalized spacial score (nSPS) is 12.3. The highest BCUT2D eigenvalue weighted by Crippen LogP contribution is 2.25. The Morgan fingerprint density at radius 2 is 1.48 bits per heavy atom. The summed E-state index contributed by atoms with van der Waals surface area (Å²) in [4.78, 5) is 1.35. The molecule has 0 saturated carbocycles. The minimum Gasteiger partial charge on any atom is -0.306 e. The van der Waals surface area contributed by atoms with E-state index in [1.54, 1.807) is 0 Å². The van der Waals surface area contributed by atoms with E-state index in [1.807, 2.05) is 11.8 Å². The summed E-state index contributed by atoms with van der Waals surface area (Å²) in [5.74, 6) is 1.12. The maximum atomic E-state index is 3.67. The first-order valence-electron chi connectivity index (χ1n) is 7.77. The molecule has 0 aromatic heterocycles. The number of nitrogens with one attached hydrogen (secondary N) is 1. The van der Waals surface area contributed by atoms with E-state index in [-0.39, 0.29) is 6.04 Å². The third-order valence-corrected chi connectivity index (χ3v) is 4.43. The second-order valence-corrected chi connectivity index (χ2v) is 6.64. The quantitative estimate of drug-likeness (QED) is 0.706. The van der Waals surface area contributed by atoms with Gasteiger partial charge >= 0.3 is 0 Å². The van der Waals surface area contributed by atoms with E-state index in [0.29, 0.717) is 0 Å². The van der Waals surface area contributed by atoms with Crippen molar-refractivity contribution in [3.63, 3.8) is 0 Å². The Morgan fingerprint density at radius 1 is 0.905 bits per heavy atom. The average Bonchev–Trinajstić information content (AvgIpc) is 2.51. The Balaban J connectivity index is 2.24. The number of aryl methyl sites for hydroxylation is 1. The number of hydrogen-bond donors (Lipinski definition) is 1. The van der Waals surface area contributed by atoms with Gasteiger partial charge in [-0.1, -0.05) is 55.8 Å². The van der Waals surface area contributed by atoms with Crippen LogP contribution in [0.2, 0.25) is 0 Å². The molecule has 0 aliphatic carbocycles. The van der Waals surface area contributed by atoms with Crippen molar-refractivity contribution in [3.8, 4) is 0 Å². The van der Waals surface area contributed by atoms with Crippen molar-refractivity contribution in [3.05, 3.63) is 65.2 Å². The van der Waals surface area contributed by atoms with Crippen LogP contribution in [0.5, 0.6) is 0 Å². The maximum Gasteiger partial charge on any atom is 0.0576 e. The van der Waals surface area contributed by atoms with Gasteiger partial charge in [-0.2, -0.15) is 0 Å². The molecule has 1 unspecified atom stereocenters. The van der Waals surface area contributed by atoms with Crippen LogP contribution in [0.4, 0.5) is 0 Å². The summed E-state index contributed by atoms with van der Waals surface area (Å²) < 4.78 is 0. The molecule has 0 heterocycles. The summed E-state index contributed by atoms with van der Waals surface area (Å²) in [5, 5.41) is 3.67. The minimum atomic E-state index is 0.284. The molecule has 1 nitrogen and oxygen atoms in total. The van der Waals surface area contributed by atoms with Gasteiger partial charge in [-0.25, -0.2) is 0 Å². The predicted octanol–water partition coefficient (Wildman–Crippen LogP) is 5.20. The second kappa shape index (κ2) is 8.26. The number of rotatable bonds is 7. The molecule has 0 aliphatic heterocycles. The third kappa shape index (κ3) is 4.62. The van der Waals surface area contributed by atoms with Gasteiger partial charge in [0.05, 0.1) is 6.04 Å². The van der Waals surface area contributed by atoms with E-state index >= 15 is 0 Å². The molecule has 0 amide bonds. The molecule has 1 N–H and O–H groups in total. The molecule has 1 atom stereocenters. The fourth-order valence-corrected chi connectivity index (χ4v) is 3.06. The Labute approximate surface area is 133 Å². The zero-order valence-electron chi connectivity index (χ0n) is 13.2. The predicted molar refractivity (Wildman–Crippen MR) is 94.2 cm³/mol. The van der Waals surface area contributed by atoms with Gasteiger partial charge in [-0.05, 0) is 48.9 Å². The maximum absolute atomic E-state index is 3.67. The van der Waals surface area contributed by atoms with Crippen molar-refractivity contribution < 1.29 is 0 Å². The van der Waals surface area contributed by atoms with Crippen LogP contribution in [0, 0.1) is 6.92 Å². The van der Waals surface area contributed by atoms with Crippen molar-refractivity contribution in [1.29, 1.82) is 0 Å². The first kappa shape index (κ1) is 16.1. The van der Waals surface area contributed by atoms with Gasteiger partial charge in [-0.3, -0.25) is 0 Å². The zero-order valence-corrected chi connectivity index (χ0v) is 14.0. The molecular formula is C19H25NS. The lowest BCUT2D eigenvalue weighted by Gasteiger charge is -2.20. The van der Waals surface area contributed by atoms with Gasteiger partial charge in [-0.15, -0.1) is 11.8 Å².